The molecule has 0 bridgehead atoms. The molecule has 0 unspecified atom stereocenters. The summed E-state index contributed by atoms with van der Waals surface area (Å²) < 4.78 is 2.21. The minimum absolute atomic E-state index is 0.137. The van der Waals surface area contributed by atoms with Crippen LogP contribution in [0.2, 0.25) is 0 Å². The van der Waals surface area contributed by atoms with Crippen molar-refractivity contribution in [1.82, 2.24) is 9.55 Å². The van der Waals surface area contributed by atoms with Crippen molar-refractivity contribution in [2.45, 2.75) is 6.54 Å². The van der Waals surface area contributed by atoms with E-state index in [1.807, 2.05) is 12.1 Å². The van der Waals surface area contributed by atoms with Gasteiger partial charge in [0.2, 0.25) is 0 Å². The van der Waals surface area contributed by atoms with Crippen LogP contribution in [-0.2, 0) is 6.54 Å². The standard InChI is InChI=1S/C16H10IN3O4/c17-11-3-1-10(2-4-11)15(21)8-19-9-18-14-7-12(20(23)24)5-6-13(14)16(19)22/h1-7,9H,8H2. The number of carbonyl (C=O) groups excluding carboxylic acids is 1. The van der Waals surface area contributed by atoms with Crippen LogP contribution in [0.5, 0.6) is 0 Å². The molecule has 0 fully saturated rings. The van der Waals surface area contributed by atoms with Crippen LogP contribution >= 0.6 is 22.6 Å². The Labute approximate surface area is 149 Å². The summed E-state index contributed by atoms with van der Waals surface area (Å²) >= 11 is 2.14. The molecular weight excluding hydrogens is 425 g/mol. The fraction of sp³-hybridized carbons (Fsp3) is 0.0625. The molecule has 0 aliphatic carbocycles. The molecule has 0 aliphatic rings. The number of aromatic nitrogens is 2. The number of fused-ring (bicyclic) bond motifs is 1. The highest BCUT2D eigenvalue weighted by atomic mass is 127. The maximum absolute atomic E-state index is 12.4. The molecule has 24 heavy (non-hydrogen) atoms. The lowest BCUT2D eigenvalue weighted by molar-refractivity contribution is -0.384. The molecule has 1 heterocycles. The Balaban J connectivity index is 1.95. The summed E-state index contributed by atoms with van der Waals surface area (Å²) in [7, 11) is 0. The van der Waals surface area contributed by atoms with Crippen molar-refractivity contribution < 1.29 is 9.72 Å². The number of hydrogen-bond acceptors (Lipinski definition) is 5. The van der Waals surface area contributed by atoms with Gasteiger partial charge in [0, 0.05) is 21.3 Å². The number of Topliss-reactive ketones (excluding diaryl/α,β-unsaturated/α-hetero) is 1. The van der Waals surface area contributed by atoms with Gasteiger partial charge < -0.3 is 0 Å². The van der Waals surface area contributed by atoms with Crippen LogP contribution in [0.1, 0.15) is 10.4 Å². The number of ketones is 1. The number of nitro groups is 1. The molecule has 0 atom stereocenters. The van der Waals surface area contributed by atoms with E-state index < -0.39 is 10.5 Å². The van der Waals surface area contributed by atoms with Crippen LogP contribution in [0, 0.1) is 13.7 Å². The highest BCUT2D eigenvalue weighted by Gasteiger charge is 2.13. The van der Waals surface area contributed by atoms with Gasteiger partial charge >= 0.3 is 0 Å². The molecule has 3 rings (SSSR count). The quantitative estimate of drug-likeness (QED) is 0.272. The first-order chi connectivity index (χ1) is 11.5. The summed E-state index contributed by atoms with van der Waals surface area (Å²) in [6, 6.07) is 10.9. The largest absolute Gasteiger partial charge is 0.292 e. The number of carbonyl (C=O) groups is 1. The first kappa shape index (κ1) is 16.2. The minimum atomic E-state index is -0.549. The Kier molecular flexibility index (Phi) is 4.38. The number of non-ortho nitro benzene ring substituents is 1. The highest BCUT2D eigenvalue weighted by molar-refractivity contribution is 14.1. The minimum Gasteiger partial charge on any atom is -0.292 e. The lowest BCUT2D eigenvalue weighted by Crippen LogP contribution is -2.24. The zero-order valence-corrected chi connectivity index (χ0v) is 14.3. The second kappa shape index (κ2) is 6.48. The molecule has 0 spiro atoms. The Morgan fingerprint density at radius 2 is 1.92 bits per heavy atom. The lowest BCUT2D eigenvalue weighted by atomic mass is 10.1. The molecule has 0 radical (unpaired) electrons. The van der Waals surface area contributed by atoms with Gasteiger partial charge in [-0.1, -0.05) is 12.1 Å². The molecule has 2 aromatic carbocycles. The maximum Gasteiger partial charge on any atom is 0.271 e. The van der Waals surface area contributed by atoms with Crippen LogP contribution in [-0.4, -0.2) is 20.3 Å². The van der Waals surface area contributed by atoms with Crippen LogP contribution in [0.15, 0.2) is 53.6 Å². The maximum atomic E-state index is 12.4. The fourth-order valence-corrected chi connectivity index (χ4v) is 2.61. The van der Waals surface area contributed by atoms with Gasteiger partial charge in [-0.05, 0) is 40.8 Å². The summed E-state index contributed by atoms with van der Waals surface area (Å²) in [6.45, 7) is -0.140. The van der Waals surface area contributed by atoms with E-state index in [4.69, 9.17) is 0 Å². The van der Waals surface area contributed by atoms with Gasteiger partial charge in [0.1, 0.15) is 0 Å². The number of halogens is 1. The van der Waals surface area contributed by atoms with Gasteiger partial charge in [0.25, 0.3) is 11.2 Å². The Hall–Kier alpha value is -2.62. The molecule has 0 amide bonds. The van der Waals surface area contributed by atoms with E-state index >= 15 is 0 Å². The molecule has 3 aromatic rings. The molecule has 8 heteroatoms. The molecule has 1 aromatic heterocycles. The van der Waals surface area contributed by atoms with Crippen molar-refractivity contribution >= 4 is 45.0 Å². The van der Waals surface area contributed by atoms with Gasteiger partial charge in [-0.25, -0.2) is 4.98 Å². The van der Waals surface area contributed by atoms with E-state index in [1.54, 1.807) is 12.1 Å². The Morgan fingerprint density at radius 1 is 1.21 bits per heavy atom. The molecule has 7 nitrogen and oxygen atoms in total. The van der Waals surface area contributed by atoms with Crippen molar-refractivity contribution in [2.75, 3.05) is 0 Å². The summed E-state index contributed by atoms with van der Waals surface area (Å²) in [4.78, 5) is 39.0. The normalized spacial score (nSPS) is 10.7. The van der Waals surface area contributed by atoms with Crippen LogP contribution in [0.25, 0.3) is 10.9 Å². The van der Waals surface area contributed by atoms with E-state index in [-0.39, 0.29) is 28.9 Å². The first-order valence-corrected chi connectivity index (χ1v) is 7.96. The van der Waals surface area contributed by atoms with Crippen LogP contribution < -0.4 is 5.56 Å². The Morgan fingerprint density at radius 3 is 2.58 bits per heavy atom. The summed E-state index contributed by atoms with van der Waals surface area (Å²) in [5, 5.41) is 11.0. The third-order valence-corrected chi connectivity index (χ3v) is 4.22. The van der Waals surface area contributed by atoms with Gasteiger partial charge in [0.15, 0.2) is 5.78 Å². The second-order valence-corrected chi connectivity index (χ2v) is 6.31. The molecule has 0 saturated heterocycles. The van der Waals surface area contributed by atoms with Crippen molar-refractivity contribution in [3.63, 3.8) is 0 Å². The third-order valence-electron chi connectivity index (χ3n) is 3.50. The average Bonchev–Trinajstić information content (AvgIpc) is 2.57. The number of hydrogen-bond donors (Lipinski definition) is 0. The smallest absolute Gasteiger partial charge is 0.271 e. The zero-order chi connectivity index (χ0) is 17.3. The first-order valence-electron chi connectivity index (χ1n) is 6.88. The molecule has 0 N–H and O–H groups in total. The average molecular weight is 435 g/mol. The summed E-state index contributed by atoms with van der Waals surface area (Å²) in [5.41, 5.74) is 0.189. The lowest BCUT2D eigenvalue weighted by Gasteiger charge is -2.06. The van der Waals surface area contributed by atoms with E-state index in [1.165, 1.54) is 29.1 Å². The van der Waals surface area contributed by atoms with E-state index in [0.717, 1.165) is 3.57 Å². The predicted molar refractivity (Wildman–Crippen MR) is 96.1 cm³/mol. The fourth-order valence-electron chi connectivity index (χ4n) is 2.25. The number of benzene rings is 2. The number of nitro benzene ring substituents is 1. The van der Waals surface area contributed by atoms with Crippen LogP contribution in [0.3, 0.4) is 0 Å². The number of nitrogens with zero attached hydrogens (tertiary/aromatic N) is 3. The predicted octanol–water partition coefficient (Wildman–Crippen LogP) is 2.79. The Bertz CT molecular complexity index is 1010. The van der Waals surface area contributed by atoms with Crippen LogP contribution in [0.4, 0.5) is 5.69 Å². The summed E-state index contributed by atoms with van der Waals surface area (Å²) in [5.74, 6) is -0.212. The van der Waals surface area contributed by atoms with Crippen molar-refractivity contribution in [3.05, 3.63) is 78.4 Å². The zero-order valence-electron chi connectivity index (χ0n) is 12.2. The third kappa shape index (κ3) is 3.18. The van der Waals surface area contributed by atoms with Gasteiger partial charge in [-0.3, -0.25) is 24.3 Å². The van der Waals surface area contributed by atoms with Gasteiger partial charge in [-0.2, -0.15) is 0 Å². The second-order valence-electron chi connectivity index (χ2n) is 5.07. The van der Waals surface area contributed by atoms with E-state index in [2.05, 4.69) is 27.6 Å². The highest BCUT2D eigenvalue weighted by Crippen LogP contribution is 2.16. The molecule has 0 aliphatic heterocycles. The van der Waals surface area contributed by atoms with Crippen molar-refractivity contribution in [1.29, 1.82) is 0 Å². The van der Waals surface area contributed by atoms with E-state index in [0.29, 0.717) is 5.56 Å². The van der Waals surface area contributed by atoms with Crippen molar-refractivity contribution in [3.8, 4) is 0 Å². The topological polar surface area (TPSA) is 95.1 Å². The van der Waals surface area contributed by atoms with Crippen molar-refractivity contribution in [2.24, 2.45) is 0 Å². The van der Waals surface area contributed by atoms with E-state index in [9.17, 15) is 19.7 Å². The molecule has 0 saturated carbocycles. The summed E-state index contributed by atoms with van der Waals surface area (Å²) in [6.07, 6.45) is 1.24. The molecule has 120 valence electrons. The molecular formula is C16H10IN3O4. The van der Waals surface area contributed by atoms with Gasteiger partial charge in [0.05, 0.1) is 28.7 Å². The number of rotatable bonds is 4. The SMILES string of the molecule is O=C(Cn1cnc2cc([N+](=O)[O-])ccc2c1=O)c1ccc(I)cc1. The van der Waals surface area contributed by atoms with Gasteiger partial charge in [-0.15, -0.1) is 0 Å². The monoisotopic (exact) mass is 435 g/mol.